The van der Waals surface area contributed by atoms with Gasteiger partial charge in [-0.05, 0) is 48.4 Å². The lowest BCUT2D eigenvalue weighted by atomic mass is 9.82. The van der Waals surface area contributed by atoms with Crippen molar-refractivity contribution in [1.82, 2.24) is 4.90 Å². The molecule has 30 heavy (non-hydrogen) atoms. The molecule has 4 rings (SSSR count). The molecule has 2 aromatic carbocycles. The number of methoxy groups -OCH3 is 1. The number of aryl methyl sites for hydroxylation is 1. The quantitative estimate of drug-likeness (QED) is 0.669. The number of carbonyl (C=O) groups excluding carboxylic acids is 2. The predicted molar refractivity (Wildman–Crippen MR) is 116 cm³/mol. The molecule has 1 amide bonds. The van der Waals surface area contributed by atoms with Crippen LogP contribution in [0.1, 0.15) is 40.7 Å². The van der Waals surface area contributed by atoms with E-state index in [1.807, 2.05) is 42.2 Å². The molecule has 1 fully saturated rings. The van der Waals surface area contributed by atoms with Crippen molar-refractivity contribution in [2.75, 3.05) is 20.2 Å². The van der Waals surface area contributed by atoms with Gasteiger partial charge in [0.25, 0.3) is 0 Å². The van der Waals surface area contributed by atoms with Gasteiger partial charge < -0.3 is 14.4 Å². The normalized spacial score (nSPS) is 17.7. The summed E-state index contributed by atoms with van der Waals surface area (Å²) in [5.41, 5.74) is 1.83. The van der Waals surface area contributed by atoms with E-state index >= 15 is 0 Å². The van der Waals surface area contributed by atoms with Gasteiger partial charge in [0.2, 0.25) is 5.91 Å². The summed E-state index contributed by atoms with van der Waals surface area (Å²) in [6.07, 6.45) is 4.97. The van der Waals surface area contributed by atoms with Crippen LogP contribution in [0.5, 0.6) is 11.5 Å². The third-order valence-corrected chi connectivity index (χ3v) is 6.30. The van der Waals surface area contributed by atoms with Crippen molar-refractivity contribution in [2.45, 2.75) is 31.8 Å². The Labute approximate surface area is 181 Å². The zero-order valence-corrected chi connectivity index (χ0v) is 17.9. The number of ether oxygens (including phenoxy) is 2. The Morgan fingerprint density at radius 2 is 1.90 bits per heavy atom. The topological polar surface area (TPSA) is 55.8 Å². The van der Waals surface area contributed by atoms with Gasteiger partial charge >= 0.3 is 0 Å². The van der Waals surface area contributed by atoms with E-state index in [9.17, 15) is 9.59 Å². The minimum absolute atomic E-state index is 0.0363. The number of carbonyl (C=O) groups is 2. The maximum absolute atomic E-state index is 12.7. The van der Waals surface area contributed by atoms with Crippen LogP contribution in [0.3, 0.4) is 0 Å². The highest BCUT2D eigenvalue weighted by atomic mass is 35.5. The fourth-order valence-electron chi connectivity index (χ4n) is 4.02. The summed E-state index contributed by atoms with van der Waals surface area (Å²) in [5, 5.41) is 0.575. The van der Waals surface area contributed by atoms with Crippen LogP contribution < -0.4 is 9.47 Å². The van der Waals surface area contributed by atoms with Gasteiger partial charge in [-0.3, -0.25) is 9.59 Å². The number of nitrogens with zero attached hydrogens (tertiary/aromatic N) is 1. The SMILES string of the molecule is COc1ccc(/C=C/C(=O)N2CCC3(CC2)CC(=O)c2cc(Cl)c(C)cc2O3)cc1. The van der Waals surface area contributed by atoms with E-state index in [0.29, 0.717) is 48.7 Å². The summed E-state index contributed by atoms with van der Waals surface area (Å²) in [4.78, 5) is 27.1. The van der Waals surface area contributed by atoms with Crippen LogP contribution in [0.2, 0.25) is 5.02 Å². The van der Waals surface area contributed by atoms with Crippen LogP contribution in [0.4, 0.5) is 0 Å². The van der Waals surface area contributed by atoms with Gasteiger partial charge in [-0.25, -0.2) is 0 Å². The Kier molecular flexibility index (Phi) is 5.56. The fraction of sp³-hybridized carbons (Fsp3) is 0.333. The molecule has 2 aromatic rings. The maximum atomic E-state index is 12.7. The molecule has 5 nitrogen and oxygen atoms in total. The summed E-state index contributed by atoms with van der Waals surface area (Å²) in [7, 11) is 1.62. The molecular formula is C24H24ClNO4. The number of likely N-dealkylation sites (tertiary alicyclic amines) is 1. The van der Waals surface area contributed by atoms with Gasteiger partial charge in [0.1, 0.15) is 17.1 Å². The number of benzene rings is 2. The summed E-state index contributed by atoms with van der Waals surface area (Å²) in [5.74, 6) is 1.40. The molecule has 2 aliphatic heterocycles. The molecule has 1 saturated heterocycles. The van der Waals surface area contributed by atoms with E-state index in [-0.39, 0.29) is 11.7 Å². The monoisotopic (exact) mass is 425 g/mol. The molecule has 2 aliphatic rings. The third kappa shape index (κ3) is 4.08. The summed E-state index contributed by atoms with van der Waals surface area (Å²) in [6, 6.07) is 11.1. The molecule has 6 heteroatoms. The van der Waals surface area contributed by atoms with E-state index in [1.54, 1.807) is 25.3 Å². The molecule has 0 atom stereocenters. The van der Waals surface area contributed by atoms with Crippen LogP contribution >= 0.6 is 11.6 Å². The first-order valence-electron chi connectivity index (χ1n) is 10.0. The highest BCUT2D eigenvalue weighted by Gasteiger charge is 2.43. The van der Waals surface area contributed by atoms with Gasteiger partial charge in [0, 0.05) is 37.0 Å². The zero-order valence-electron chi connectivity index (χ0n) is 17.1. The van der Waals surface area contributed by atoms with E-state index in [0.717, 1.165) is 16.9 Å². The highest BCUT2D eigenvalue weighted by molar-refractivity contribution is 6.31. The van der Waals surface area contributed by atoms with Crippen LogP contribution in [0.15, 0.2) is 42.5 Å². The first kappa shape index (κ1) is 20.5. The first-order chi connectivity index (χ1) is 14.4. The van der Waals surface area contributed by atoms with Gasteiger partial charge in [0.15, 0.2) is 5.78 Å². The molecule has 0 N–H and O–H groups in total. The van der Waals surface area contributed by atoms with Gasteiger partial charge in [-0.1, -0.05) is 23.7 Å². The fourth-order valence-corrected chi connectivity index (χ4v) is 4.18. The van der Waals surface area contributed by atoms with E-state index in [2.05, 4.69) is 0 Å². The largest absolute Gasteiger partial charge is 0.497 e. The zero-order chi connectivity index (χ0) is 21.3. The highest BCUT2D eigenvalue weighted by Crippen LogP contribution is 2.41. The molecule has 0 saturated carbocycles. The summed E-state index contributed by atoms with van der Waals surface area (Å²) < 4.78 is 11.4. The average Bonchev–Trinajstić information content (AvgIpc) is 2.74. The molecule has 2 heterocycles. The lowest BCUT2D eigenvalue weighted by molar-refractivity contribution is -0.129. The minimum atomic E-state index is -0.541. The lowest BCUT2D eigenvalue weighted by Crippen LogP contribution is -2.52. The van der Waals surface area contributed by atoms with Crippen molar-refractivity contribution in [3.8, 4) is 11.5 Å². The first-order valence-corrected chi connectivity index (χ1v) is 10.4. The summed E-state index contributed by atoms with van der Waals surface area (Å²) in [6.45, 7) is 3.01. The Morgan fingerprint density at radius 1 is 1.20 bits per heavy atom. The third-order valence-electron chi connectivity index (χ3n) is 5.89. The van der Waals surface area contributed by atoms with Crippen LogP contribution in [-0.4, -0.2) is 42.4 Å². The van der Waals surface area contributed by atoms with Crippen LogP contribution in [0.25, 0.3) is 6.08 Å². The number of rotatable bonds is 3. The number of ketones is 1. The van der Waals surface area contributed by atoms with Gasteiger partial charge in [-0.15, -0.1) is 0 Å². The van der Waals surface area contributed by atoms with Crippen molar-refractivity contribution in [3.63, 3.8) is 0 Å². The van der Waals surface area contributed by atoms with Crippen molar-refractivity contribution in [1.29, 1.82) is 0 Å². The number of fused-ring (bicyclic) bond motifs is 1. The minimum Gasteiger partial charge on any atom is -0.497 e. The van der Waals surface area contributed by atoms with Crippen molar-refractivity contribution < 1.29 is 19.1 Å². The molecular weight excluding hydrogens is 402 g/mol. The second kappa shape index (κ2) is 8.15. The summed E-state index contributed by atoms with van der Waals surface area (Å²) >= 11 is 6.17. The standard InChI is InChI=1S/C24H24ClNO4/c1-16-13-22-19(14-20(16)25)21(27)15-24(30-22)9-11-26(12-10-24)23(28)8-5-17-3-6-18(29-2)7-4-17/h3-8,13-14H,9-12,15H2,1-2H3/b8-5+. The Morgan fingerprint density at radius 3 is 2.57 bits per heavy atom. The number of hydrogen-bond donors (Lipinski definition) is 0. The second-order valence-corrected chi connectivity index (χ2v) is 8.32. The molecule has 156 valence electrons. The lowest BCUT2D eigenvalue weighted by Gasteiger charge is -2.43. The molecule has 0 aromatic heterocycles. The van der Waals surface area contributed by atoms with Gasteiger partial charge in [0.05, 0.1) is 19.1 Å². The molecule has 0 radical (unpaired) electrons. The average molecular weight is 426 g/mol. The molecule has 0 aliphatic carbocycles. The van der Waals surface area contributed by atoms with E-state index in [1.165, 1.54) is 0 Å². The number of halogens is 1. The molecule has 0 unspecified atom stereocenters. The Bertz CT molecular complexity index is 1000. The Balaban J connectivity index is 1.40. The number of amides is 1. The molecule has 1 spiro atoms. The number of hydrogen-bond acceptors (Lipinski definition) is 4. The maximum Gasteiger partial charge on any atom is 0.246 e. The number of piperidine rings is 1. The smallest absolute Gasteiger partial charge is 0.246 e. The van der Waals surface area contributed by atoms with Crippen LogP contribution in [0, 0.1) is 6.92 Å². The van der Waals surface area contributed by atoms with Crippen molar-refractivity contribution in [2.24, 2.45) is 0 Å². The van der Waals surface area contributed by atoms with Crippen molar-refractivity contribution in [3.05, 3.63) is 64.2 Å². The second-order valence-electron chi connectivity index (χ2n) is 7.91. The Hall–Kier alpha value is -2.79. The van der Waals surface area contributed by atoms with E-state index < -0.39 is 5.60 Å². The number of Topliss-reactive ketones (excluding diaryl/α,β-unsaturated/α-hetero) is 1. The van der Waals surface area contributed by atoms with E-state index in [4.69, 9.17) is 21.1 Å². The van der Waals surface area contributed by atoms with Gasteiger partial charge in [-0.2, -0.15) is 0 Å². The predicted octanol–water partition coefficient (Wildman–Crippen LogP) is 4.70. The van der Waals surface area contributed by atoms with Crippen molar-refractivity contribution >= 4 is 29.4 Å². The van der Waals surface area contributed by atoms with Crippen LogP contribution in [-0.2, 0) is 4.79 Å². The molecule has 0 bridgehead atoms.